The second-order valence-corrected chi connectivity index (χ2v) is 3.68. The van der Waals surface area contributed by atoms with E-state index in [0.29, 0.717) is 0 Å². The van der Waals surface area contributed by atoms with Crippen molar-refractivity contribution in [2.75, 3.05) is 0 Å². The van der Waals surface area contributed by atoms with Crippen molar-refractivity contribution in [1.82, 2.24) is 4.98 Å². The average molecular weight is 191 g/mol. The molecule has 0 aliphatic heterocycles. The van der Waals surface area contributed by atoms with E-state index in [0.717, 1.165) is 16.3 Å². The molecule has 1 aromatic rings. The number of pyridine rings is 1. The zero-order valence-corrected chi connectivity index (χ0v) is 8.77. The third-order valence-electron chi connectivity index (χ3n) is 1.52. The van der Waals surface area contributed by atoms with E-state index in [1.54, 1.807) is 11.8 Å². The maximum absolute atomic E-state index is 4.37. The molecule has 2 heteroatoms. The van der Waals surface area contributed by atoms with E-state index in [9.17, 15) is 0 Å². The zero-order valence-electron chi connectivity index (χ0n) is 7.95. The third-order valence-corrected chi connectivity index (χ3v) is 2.42. The third kappa shape index (κ3) is 3.07. The molecule has 0 saturated heterocycles. The highest BCUT2D eigenvalue weighted by molar-refractivity contribution is 8.10. The molecule has 0 saturated carbocycles. The maximum Gasteiger partial charge on any atom is 0.0765 e. The van der Waals surface area contributed by atoms with E-state index in [2.05, 4.69) is 11.6 Å². The second-order valence-electron chi connectivity index (χ2n) is 2.67. The first-order valence-electron chi connectivity index (χ1n) is 4.15. The summed E-state index contributed by atoms with van der Waals surface area (Å²) in [6.07, 6.45) is 1.99. The largest absolute Gasteiger partial charge is 0.253 e. The van der Waals surface area contributed by atoms with Gasteiger partial charge >= 0.3 is 0 Å². The van der Waals surface area contributed by atoms with Gasteiger partial charge in [0.2, 0.25) is 0 Å². The van der Waals surface area contributed by atoms with E-state index in [-0.39, 0.29) is 0 Å². The topological polar surface area (TPSA) is 12.9 Å². The van der Waals surface area contributed by atoms with Crippen LogP contribution >= 0.6 is 11.8 Å². The molecule has 0 amide bonds. The van der Waals surface area contributed by atoms with Crippen LogP contribution in [-0.4, -0.2) is 4.98 Å². The van der Waals surface area contributed by atoms with Crippen molar-refractivity contribution in [3.63, 3.8) is 0 Å². The lowest BCUT2D eigenvalue weighted by Crippen LogP contribution is -1.86. The Morgan fingerprint density at radius 3 is 2.92 bits per heavy atom. The Hall–Kier alpha value is -1.02. The van der Waals surface area contributed by atoms with Crippen molar-refractivity contribution in [3.05, 3.63) is 47.6 Å². The van der Waals surface area contributed by atoms with Gasteiger partial charge < -0.3 is 0 Å². The van der Waals surface area contributed by atoms with Crippen molar-refractivity contribution in [2.45, 2.75) is 13.8 Å². The van der Waals surface area contributed by atoms with Crippen molar-refractivity contribution in [1.29, 1.82) is 0 Å². The van der Waals surface area contributed by atoms with Crippen LogP contribution < -0.4 is 0 Å². The van der Waals surface area contributed by atoms with Gasteiger partial charge in [-0.3, -0.25) is 4.98 Å². The van der Waals surface area contributed by atoms with Gasteiger partial charge in [0.1, 0.15) is 0 Å². The van der Waals surface area contributed by atoms with Gasteiger partial charge in [0.25, 0.3) is 0 Å². The Morgan fingerprint density at radius 2 is 2.31 bits per heavy atom. The predicted octanol–water partition coefficient (Wildman–Crippen LogP) is 3.63. The normalized spacial score (nSPS) is 10.6. The first-order chi connectivity index (χ1) is 6.24. The SMILES string of the molecule is C=C(S/C=C\C)c1cccc(C)n1. The Balaban J connectivity index is 2.77. The summed E-state index contributed by atoms with van der Waals surface area (Å²) in [6, 6.07) is 5.96. The van der Waals surface area contributed by atoms with Gasteiger partial charge in [0.05, 0.1) is 5.69 Å². The van der Waals surface area contributed by atoms with Crippen molar-refractivity contribution >= 4 is 16.7 Å². The van der Waals surface area contributed by atoms with Crippen LogP contribution in [0, 0.1) is 6.92 Å². The summed E-state index contributed by atoms with van der Waals surface area (Å²) in [5.41, 5.74) is 1.99. The predicted molar refractivity (Wildman–Crippen MR) is 60.4 cm³/mol. The minimum Gasteiger partial charge on any atom is -0.253 e. The summed E-state index contributed by atoms with van der Waals surface area (Å²) in [5.74, 6) is 0. The van der Waals surface area contributed by atoms with E-state index in [1.807, 2.05) is 43.5 Å². The smallest absolute Gasteiger partial charge is 0.0765 e. The quantitative estimate of drug-likeness (QED) is 0.723. The molecule has 0 bridgehead atoms. The van der Waals surface area contributed by atoms with Gasteiger partial charge in [0, 0.05) is 10.6 Å². The van der Waals surface area contributed by atoms with Crippen LogP contribution in [0.15, 0.2) is 36.3 Å². The summed E-state index contributed by atoms with van der Waals surface area (Å²) >= 11 is 1.60. The minimum absolute atomic E-state index is 0.961. The molecular weight excluding hydrogens is 178 g/mol. The van der Waals surface area contributed by atoms with Gasteiger partial charge in [-0.1, -0.05) is 30.5 Å². The van der Waals surface area contributed by atoms with Gasteiger partial charge in [0.15, 0.2) is 0 Å². The molecule has 0 atom stereocenters. The first kappa shape index (κ1) is 10.1. The van der Waals surface area contributed by atoms with Crippen LogP contribution in [0.4, 0.5) is 0 Å². The fourth-order valence-corrected chi connectivity index (χ4v) is 1.44. The molecule has 1 rings (SSSR count). The lowest BCUT2D eigenvalue weighted by Gasteiger charge is -2.01. The molecule has 1 nitrogen and oxygen atoms in total. The van der Waals surface area contributed by atoms with Crippen molar-refractivity contribution < 1.29 is 0 Å². The molecule has 0 aliphatic rings. The number of aryl methyl sites for hydroxylation is 1. The molecule has 0 spiro atoms. The number of hydrogen-bond acceptors (Lipinski definition) is 2. The molecule has 1 aromatic heterocycles. The summed E-state index contributed by atoms with van der Waals surface area (Å²) in [4.78, 5) is 5.36. The highest BCUT2D eigenvalue weighted by Gasteiger charge is 1.98. The number of allylic oxidation sites excluding steroid dienone is 1. The van der Waals surface area contributed by atoms with E-state index in [1.165, 1.54) is 0 Å². The Morgan fingerprint density at radius 1 is 1.54 bits per heavy atom. The van der Waals surface area contributed by atoms with Crippen LogP contribution in [0.1, 0.15) is 18.3 Å². The fourth-order valence-electron chi connectivity index (χ4n) is 0.909. The van der Waals surface area contributed by atoms with Gasteiger partial charge in [-0.25, -0.2) is 0 Å². The van der Waals surface area contributed by atoms with Crippen LogP contribution in [0.5, 0.6) is 0 Å². The number of rotatable bonds is 3. The molecule has 1 heterocycles. The molecule has 0 aromatic carbocycles. The summed E-state index contributed by atoms with van der Waals surface area (Å²) in [7, 11) is 0. The Labute approximate surface area is 83.6 Å². The van der Waals surface area contributed by atoms with E-state index >= 15 is 0 Å². The maximum atomic E-state index is 4.37. The first-order valence-corrected chi connectivity index (χ1v) is 5.02. The van der Waals surface area contributed by atoms with Gasteiger partial charge in [-0.2, -0.15) is 0 Å². The molecule has 13 heavy (non-hydrogen) atoms. The van der Waals surface area contributed by atoms with Crippen LogP contribution in [0.3, 0.4) is 0 Å². The van der Waals surface area contributed by atoms with Crippen LogP contribution in [0.2, 0.25) is 0 Å². The van der Waals surface area contributed by atoms with Crippen LogP contribution in [0.25, 0.3) is 4.91 Å². The number of nitrogens with zero attached hydrogens (tertiary/aromatic N) is 1. The Kier molecular flexibility index (Phi) is 3.77. The molecule has 0 N–H and O–H groups in total. The van der Waals surface area contributed by atoms with E-state index in [4.69, 9.17) is 0 Å². The minimum atomic E-state index is 0.961. The summed E-state index contributed by atoms with van der Waals surface area (Å²) in [6.45, 7) is 7.93. The highest BCUT2D eigenvalue weighted by atomic mass is 32.2. The zero-order chi connectivity index (χ0) is 9.68. The summed E-state index contributed by atoms with van der Waals surface area (Å²) in [5, 5.41) is 2.01. The fraction of sp³-hybridized carbons (Fsp3) is 0.182. The van der Waals surface area contributed by atoms with Crippen LogP contribution in [-0.2, 0) is 0 Å². The number of aromatic nitrogens is 1. The number of hydrogen-bond donors (Lipinski definition) is 0. The molecule has 0 aliphatic carbocycles. The molecule has 0 fully saturated rings. The highest BCUT2D eigenvalue weighted by Crippen LogP contribution is 2.24. The lowest BCUT2D eigenvalue weighted by atomic mass is 10.3. The summed E-state index contributed by atoms with van der Waals surface area (Å²) < 4.78 is 0. The van der Waals surface area contributed by atoms with Gasteiger partial charge in [-0.05, 0) is 31.4 Å². The molecular formula is C11H13NS. The molecule has 0 unspecified atom stereocenters. The van der Waals surface area contributed by atoms with E-state index < -0.39 is 0 Å². The Bertz CT molecular complexity index is 329. The second kappa shape index (κ2) is 4.87. The molecule has 0 radical (unpaired) electrons. The molecule has 68 valence electrons. The monoisotopic (exact) mass is 191 g/mol. The van der Waals surface area contributed by atoms with Gasteiger partial charge in [-0.15, -0.1) is 0 Å². The van der Waals surface area contributed by atoms with Crippen molar-refractivity contribution in [2.24, 2.45) is 0 Å². The van der Waals surface area contributed by atoms with Crippen molar-refractivity contribution in [3.8, 4) is 0 Å². The standard InChI is InChI=1S/C11H13NS/c1-4-8-13-10(3)11-7-5-6-9(2)12-11/h4-8H,3H2,1-2H3/b8-4-. The average Bonchev–Trinajstić information content (AvgIpc) is 2.14. The number of thioether (sulfide) groups is 1. The lowest BCUT2D eigenvalue weighted by molar-refractivity contribution is 1.18.